The molecule has 2 aromatic carbocycles. The number of aromatic nitrogens is 2. The highest BCUT2D eigenvalue weighted by Gasteiger charge is 2.27. The molecule has 4 rings (SSSR count). The molecule has 0 bridgehead atoms. The number of hydrogen-bond acceptors (Lipinski definition) is 7. The SMILES string of the molecule is CN(Cc1ccccc1)C1CCOc2cc(S(=O)(=O)Nc3ncns3)ccc21. The molecule has 0 saturated heterocycles. The highest BCUT2D eigenvalue weighted by molar-refractivity contribution is 7.93. The first-order chi connectivity index (χ1) is 13.5. The minimum absolute atomic E-state index is 0.146. The Morgan fingerprint density at radius 3 is 2.82 bits per heavy atom. The van der Waals surface area contributed by atoms with Crippen molar-refractivity contribution in [1.29, 1.82) is 0 Å². The molecule has 0 fully saturated rings. The van der Waals surface area contributed by atoms with Gasteiger partial charge < -0.3 is 4.74 Å². The first kappa shape index (κ1) is 18.9. The summed E-state index contributed by atoms with van der Waals surface area (Å²) in [6.45, 7) is 1.35. The third-order valence-corrected chi connectivity index (χ3v) is 6.74. The second-order valence-corrected chi connectivity index (χ2v) is 9.07. The smallest absolute Gasteiger partial charge is 0.263 e. The molecule has 146 valence electrons. The van der Waals surface area contributed by atoms with Gasteiger partial charge in [0.1, 0.15) is 12.1 Å². The number of ether oxygens (including phenoxy) is 1. The molecule has 0 aliphatic carbocycles. The summed E-state index contributed by atoms with van der Waals surface area (Å²) in [5.41, 5.74) is 2.23. The number of hydrogen-bond donors (Lipinski definition) is 1. The fraction of sp³-hybridized carbons (Fsp3) is 0.263. The van der Waals surface area contributed by atoms with E-state index >= 15 is 0 Å². The summed E-state index contributed by atoms with van der Waals surface area (Å²) >= 11 is 0.989. The van der Waals surface area contributed by atoms with E-state index in [1.54, 1.807) is 12.1 Å². The molecule has 1 aliphatic rings. The van der Waals surface area contributed by atoms with Gasteiger partial charge in [-0.1, -0.05) is 36.4 Å². The Balaban J connectivity index is 1.57. The van der Waals surface area contributed by atoms with Crippen LogP contribution in [0.25, 0.3) is 0 Å². The van der Waals surface area contributed by atoms with Gasteiger partial charge in [0.2, 0.25) is 5.13 Å². The van der Waals surface area contributed by atoms with Crippen molar-refractivity contribution in [3.05, 3.63) is 66.0 Å². The largest absolute Gasteiger partial charge is 0.493 e. The Hall–Kier alpha value is -2.49. The summed E-state index contributed by atoms with van der Waals surface area (Å²) in [6, 6.07) is 15.5. The second kappa shape index (κ2) is 7.86. The first-order valence-corrected chi connectivity index (χ1v) is 11.1. The van der Waals surface area contributed by atoms with Crippen molar-refractivity contribution >= 4 is 26.7 Å². The zero-order valence-corrected chi connectivity index (χ0v) is 16.9. The number of benzene rings is 2. The molecule has 3 aromatic rings. The Morgan fingerprint density at radius 1 is 1.25 bits per heavy atom. The maximum absolute atomic E-state index is 12.6. The van der Waals surface area contributed by atoms with Crippen LogP contribution in [-0.4, -0.2) is 36.3 Å². The summed E-state index contributed by atoms with van der Waals surface area (Å²) in [5.74, 6) is 0.608. The van der Waals surface area contributed by atoms with Crippen molar-refractivity contribution in [2.24, 2.45) is 0 Å². The minimum atomic E-state index is -3.74. The van der Waals surface area contributed by atoms with E-state index in [0.717, 1.165) is 30.1 Å². The van der Waals surface area contributed by atoms with Gasteiger partial charge in [0.05, 0.1) is 11.5 Å². The lowest BCUT2D eigenvalue weighted by molar-refractivity contribution is 0.160. The Morgan fingerprint density at radius 2 is 2.07 bits per heavy atom. The van der Waals surface area contributed by atoms with Crippen LogP contribution < -0.4 is 9.46 Å². The van der Waals surface area contributed by atoms with Crippen LogP contribution in [0.1, 0.15) is 23.6 Å². The molecule has 28 heavy (non-hydrogen) atoms. The average molecular weight is 417 g/mol. The van der Waals surface area contributed by atoms with Gasteiger partial charge in [-0.15, -0.1) is 0 Å². The van der Waals surface area contributed by atoms with Gasteiger partial charge in [0.25, 0.3) is 10.0 Å². The lowest BCUT2D eigenvalue weighted by atomic mass is 9.99. The van der Waals surface area contributed by atoms with Gasteiger partial charge in [-0.25, -0.2) is 13.4 Å². The molecule has 1 unspecified atom stereocenters. The number of sulfonamides is 1. The Labute approximate surface area is 168 Å². The summed E-state index contributed by atoms with van der Waals surface area (Å²) in [4.78, 5) is 6.28. The molecule has 0 amide bonds. The highest BCUT2D eigenvalue weighted by Crippen LogP contribution is 2.37. The normalized spacial score (nSPS) is 16.4. The van der Waals surface area contributed by atoms with Crippen molar-refractivity contribution in [2.45, 2.75) is 23.9 Å². The topological polar surface area (TPSA) is 84.4 Å². The molecular weight excluding hydrogens is 396 g/mol. The molecule has 1 aliphatic heterocycles. The molecule has 0 saturated carbocycles. The molecule has 1 atom stereocenters. The van der Waals surface area contributed by atoms with E-state index in [0.29, 0.717) is 12.4 Å². The quantitative estimate of drug-likeness (QED) is 0.664. The summed E-state index contributed by atoms with van der Waals surface area (Å²) in [5, 5.41) is 0.235. The number of nitrogens with zero attached hydrogens (tertiary/aromatic N) is 3. The minimum Gasteiger partial charge on any atom is -0.493 e. The van der Waals surface area contributed by atoms with E-state index in [4.69, 9.17) is 4.74 Å². The van der Waals surface area contributed by atoms with Crippen LogP contribution in [0.2, 0.25) is 0 Å². The lowest BCUT2D eigenvalue weighted by Gasteiger charge is -2.33. The van der Waals surface area contributed by atoms with Gasteiger partial charge >= 0.3 is 0 Å². The van der Waals surface area contributed by atoms with Gasteiger partial charge in [-0.05, 0) is 18.7 Å². The standard InChI is InChI=1S/C19H20N4O3S2/c1-23(12-14-5-3-2-4-6-14)17-9-10-26-18-11-15(7-8-16(17)18)28(24,25)22-19-20-13-21-27-19/h2-8,11,13,17H,9-10,12H2,1H3,(H,20,21,22). The Bertz CT molecular complexity index is 1040. The fourth-order valence-corrected chi connectivity index (χ4v) is 5.03. The number of nitrogens with one attached hydrogen (secondary N) is 1. The van der Waals surface area contributed by atoms with Gasteiger partial charge in [0, 0.05) is 42.2 Å². The molecule has 1 N–H and O–H groups in total. The van der Waals surface area contributed by atoms with Crippen molar-refractivity contribution in [1.82, 2.24) is 14.3 Å². The maximum atomic E-state index is 12.6. The molecule has 1 aromatic heterocycles. The average Bonchev–Trinajstić information content (AvgIpc) is 3.20. The van der Waals surface area contributed by atoms with Crippen LogP contribution in [0, 0.1) is 0 Å². The van der Waals surface area contributed by atoms with Crippen LogP contribution in [0.15, 0.2) is 59.8 Å². The molecule has 0 radical (unpaired) electrons. The van der Waals surface area contributed by atoms with E-state index < -0.39 is 10.0 Å². The monoisotopic (exact) mass is 416 g/mol. The molecule has 9 heteroatoms. The summed E-state index contributed by atoms with van der Waals surface area (Å²) < 4.78 is 37.2. The predicted octanol–water partition coefficient (Wildman–Crippen LogP) is 3.29. The fourth-order valence-electron chi connectivity index (χ4n) is 3.35. The van der Waals surface area contributed by atoms with E-state index in [2.05, 4.69) is 38.2 Å². The van der Waals surface area contributed by atoms with Gasteiger partial charge in [-0.3, -0.25) is 9.62 Å². The molecular formula is C19H20N4O3S2. The predicted molar refractivity (Wildman–Crippen MR) is 108 cm³/mol. The van der Waals surface area contributed by atoms with Crippen molar-refractivity contribution in [3.8, 4) is 5.75 Å². The van der Waals surface area contributed by atoms with Crippen LogP contribution in [0.5, 0.6) is 5.75 Å². The summed E-state index contributed by atoms with van der Waals surface area (Å²) in [7, 11) is -1.66. The highest BCUT2D eigenvalue weighted by atomic mass is 32.2. The number of fused-ring (bicyclic) bond motifs is 1. The van der Waals surface area contributed by atoms with Crippen molar-refractivity contribution in [2.75, 3.05) is 18.4 Å². The van der Waals surface area contributed by atoms with E-state index in [1.165, 1.54) is 11.9 Å². The van der Waals surface area contributed by atoms with Crippen LogP contribution in [0.4, 0.5) is 5.13 Å². The molecule has 7 nitrogen and oxygen atoms in total. The zero-order chi connectivity index (χ0) is 19.6. The van der Waals surface area contributed by atoms with E-state index in [9.17, 15) is 8.42 Å². The first-order valence-electron chi connectivity index (χ1n) is 8.83. The van der Waals surface area contributed by atoms with Gasteiger partial charge in [-0.2, -0.15) is 4.37 Å². The summed E-state index contributed by atoms with van der Waals surface area (Å²) in [6.07, 6.45) is 2.16. The van der Waals surface area contributed by atoms with Crippen LogP contribution in [-0.2, 0) is 16.6 Å². The zero-order valence-electron chi connectivity index (χ0n) is 15.3. The molecule has 0 spiro atoms. The van der Waals surface area contributed by atoms with E-state index in [-0.39, 0.29) is 16.1 Å². The number of anilines is 1. The third-order valence-electron chi connectivity index (χ3n) is 4.69. The number of rotatable bonds is 6. The van der Waals surface area contributed by atoms with Crippen molar-refractivity contribution in [3.63, 3.8) is 0 Å². The van der Waals surface area contributed by atoms with Gasteiger partial charge in [0.15, 0.2) is 0 Å². The van der Waals surface area contributed by atoms with Crippen LogP contribution in [0.3, 0.4) is 0 Å². The lowest BCUT2D eigenvalue weighted by Crippen LogP contribution is -2.29. The second-order valence-electron chi connectivity index (χ2n) is 6.61. The third kappa shape index (κ3) is 4.01. The molecule has 2 heterocycles. The van der Waals surface area contributed by atoms with Crippen LogP contribution >= 0.6 is 11.5 Å². The maximum Gasteiger partial charge on any atom is 0.263 e. The Kier molecular flexibility index (Phi) is 5.29. The van der Waals surface area contributed by atoms with E-state index in [1.807, 2.05) is 24.3 Å². The van der Waals surface area contributed by atoms with Crippen molar-refractivity contribution < 1.29 is 13.2 Å².